The van der Waals surface area contributed by atoms with Crippen molar-refractivity contribution in [1.29, 1.82) is 0 Å². The van der Waals surface area contributed by atoms with Crippen LogP contribution in [-0.2, 0) is 0 Å². The first-order valence-corrected chi connectivity index (χ1v) is 7.47. The van der Waals surface area contributed by atoms with Gasteiger partial charge < -0.3 is 11.1 Å². The second kappa shape index (κ2) is 6.12. The van der Waals surface area contributed by atoms with E-state index in [9.17, 15) is 0 Å². The molecule has 3 N–H and O–H groups in total. The number of hydrogen-bond acceptors (Lipinski definition) is 4. The third-order valence-corrected chi connectivity index (χ3v) is 3.90. The molecule has 0 spiro atoms. The standard InChI is InChI=1S/C18H20N4/c1-12-7-8-14(11-13(12)2)17-15-5-3-4-6-16(15)18(22-21-17)20-10-9-19/h3-8,11H,9-10,19H2,1-2H3,(H,20,22). The van der Waals surface area contributed by atoms with Crippen molar-refractivity contribution in [2.45, 2.75) is 13.8 Å². The van der Waals surface area contributed by atoms with Crippen molar-refractivity contribution >= 4 is 16.6 Å². The lowest BCUT2D eigenvalue weighted by atomic mass is 10.0. The van der Waals surface area contributed by atoms with Crippen molar-refractivity contribution in [2.75, 3.05) is 18.4 Å². The molecule has 0 bridgehead atoms. The predicted octanol–water partition coefficient (Wildman–Crippen LogP) is 3.28. The number of nitrogens with one attached hydrogen (secondary N) is 1. The minimum Gasteiger partial charge on any atom is -0.367 e. The van der Waals surface area contributed by atoms with Crippen LogP contribution in [0, 0.1) is 13.8 Å². The fraction of sp³-hybridized carbons (Fsp3) is 0.222. The monoisotopic (exact) mass is 292 g/mol. The van der Waals surface area contributed by atoms with Crippen LogP contribution in [0.5, 0.6) is 0 Å². The van der Waals surface area contributed by atoms with Crippen LogP contribution in [0.25, 0.3) is 22.0 Å². The molecule has 0 aliphatic heterocycles. The normalized spacial score (nSPS) is 10.9. The maximum Gasteiger partial charge on any atom is 0.156 e. The van der Waals surface area contributed by atoms with Crippen LogP contribution >= 0.6 is 0 Å². The third kappa shape index (κ3) is 2.65. The fourth-order valence-electron chi connectivity index (χ4n) is 2.53. The largest absolute Gasteiger partial charge is 0.367 e. The summed E-state index contributed by atoms with van der Waals surface area (Å²) in [6.45, 7) is 5.48. The van der Waals surface area contributed by atoms with Crippen LogP contribution in [-0.4, -0.2) is 23.3 Å². The molecule has 4 heteroatoms. The number of aryl methyl sites for hydroxylation is 2. The second-order valence-corrected chi connectivity index (χ2v) is 5.46. The summed E-state index contributed by atoms with van der Waals surface area (Å²) >= 11 is 0. The zero-order valence-corrected chi connectivity index (χ0v) is 12.9. The highest BCUT2D eigenvalue weighted by atomic mass is 15.2. The Labute approximate surface area is 130 Å². The summed E-state index contributed by atoms with van der Waals surface area (Å²) in [7, 11) is 0. The van der Waals surface area contributed by atoms with Crippen molar-refractivity contribution in [2.24, 2.45) is 5.73 Å². The van der Waals surface area contributed by atoms with Crippen molar-refractivity contribution in [3.8, 4) is 11.3 Å². The first kappa shape index (κ1) is 14.5. The predicted molar refractivity (Wildman–Crippen MR) is 92.0 cm³/mol. The number of rotatable bonds is 4. The molecule has 112 valence electrons. The number of benzene rings is 2. The van der Waals surface area contributed by atoms with Gasteiger partial charge in [-0.25, -0.2) is 0 Å². The molecule has 0 atom stereocenters. The van der Waals surface area contributed by atoms with E-state index in [1.807, 2.05) is 12.1 Å². The maximum absolute atomic E-state index is 5.56. The van der Waals surface area contributed by atoms with Gasteiger partial charge in [0.2, 0.25) is 0 Å². The molecule has 0 aliphatic rings. The lowest BCUT2D eigenvalue weighted by Gasteiger charge is -2.11. The lowest BCUT2D eigenvalue weighted by Crippen LogP contribution is -2.14. The molecule has 4 nitrogen and oxygen atoms in total. The number of hydrogen-bond donors (Lipinski definition) is 2. The van der Waals surface area contributed by atoms with E-state index in [0.29, 0.717) is 13.1 Å². The number of anilines is 1. The van der Waals surface area contributed by atoms with Gasteiger partial charge in [-0.1, -0.05) is 36.4 Å². The summed E-state index contributed by atoms with van der Waals surface area (Å²) in [6.07, 6.45) is 0. The molecule has 0 unspecified atom stereocenters. The number of nitrogens with two attached hydrogens (primary N) is 1. The van der Waals surface area contributed by atoms with Gasteiger partial charge in [0, 0.05) is 29.4 Å². The van der Waals surface area contributed by atoms with Gasteiger partial charge in [-0.15, -0.1) is 10.2 Å². The fourth-order valence-corrected chi connectivity index (χ4v) is 2.53. The SMILES string of the molecule is Cc1ccc(-c2nnc(NCCN)c3ccccc23)cc1C. The third-order valence-electron chi connectivity index (χ3n) is 3.90. The topological polar surface area (TPSA) is 63.8 Å². The minimum absolute atomic E-state index is 0.564. The first-order valence-electron chi connectivity index (χ1n) is 7.47. The van der Waals surface area contributed by atoms with Gasteiger partial charge in [-0.3, -0.25) is 0 Å². The molecule has 2 aromatic carbocycles. The van der Waals surface area contributed by atoms with Crippen molar-refractivity contribution in [3.05, 3.63) is 53.6 Å². The zero-order valence-electron chi connectivity index (χ0n) is 12.9. The van der Waals surface area contributed by atoms with Crippen LogP contribution in [0.3, 0.4) is 0 Å². The van der Waals surface area contributed by atoms with Crippen LogP contribution in [0.1, 0.15) is 11.1 Å². The Bertz CT molecular complexity index is 811. The number of fused-ring (bicyclic) bond motifs is 1. The molecule has 1 heterocycles. The Kier molecular flexibility index (Phi) is 4.02. The van der Waals surface area contributed by atoms with Gasteiger partial charge in [-0.2, -0.15) is 0 Å². The maximum atomic E-state index is 5.56. The van der Waals surface area contributed by atoms with Gasteiger partial charge in [0.15, 0.2) is 5.82 Å². The van der Waals surface area contributed by atoms with E-state index in [1.165, 1.54) is 11.1 Å². The van der Waals surface area contributed by atoms with Gasteiger partial charge in [0.1, 0.15) is 5.69 Å². The van der Waals surface area contributed by atoms with E-state index in [4.69, 9.17) is 5.73 Å². The molecule has 3 rings (SSSR count). The van der Waals surface area contributed by atoms with Crippen LogP contribution in [0.15, 0.2) is 42.5 Å². The van der Waals surface area contributed by atoms with E-state index in [1.54, 1.807) is 0 Å². The summed E-state index contributed by atoms with van der Waals surface area (Å²) in [4.78, 5) is 0. The Morgan fingerprint density at radius 3 is 2.45 bits per heavy atom. The molecular formula is C18H20N4. The Morgan fingerprint density at radius 2 is 1.73 bits per heavy atom. The Morgan fingerprint density at radius 1 is 0.955 bits per heavy atom. The van der Waals surface area contributed by atoms with Crippen LogP contribution in [0.4, 0.5) is 5.82 Å². The van der Waals surface area contributed by atoms with Crippen LogP contribution in [0.2, 0.25) is 0 Å². The number of nitrogens with zero attached hydrogens (tertiary/aromatic N) is 2. The molecule has 3 aromatic rings. The van der Waals surface area contributed by atoms with E-state index >= 15 is 0 Å². The molecule has 1 aromatic heterocycles. The van der Waals surface area contributed by atoms with Crippen molar-refractivity contribution in [1.82, 2.24) is 10.2 Å². The molecule has 0 radical (unpaired) electrons. The number of aromatic nitrogens is 2. The van der Waals surface area contributed by atoms with E-state index in [-0.39, 0.29) is 0 Å². The van der Waals surface area contributed by atoms with Crippen molar-refractivity contribution in [3.63, 3.8) is 0 Å². The molecular weight excluding hydrogens is 272 g/mol. The molecule has 0 aliphatic carbocycles. The van der Waals surface area contributed by atoms with Crippen molar-refractivity contribution < 1.29 is 0 Å². The first-order chi connectivity index (χ1) is 10.7. The van der Waals surface area contributed by atoms with Gasteiger partial charge in [-0.05, 0) is 31.0 Å². The average Bonchev–Trinajstić information content (AvgIpc) is 2.55. The Hall–Kier alpha value is -2.46. The van der Waals surface area contributed by atoms with Gasteiger partial charge >= 0.3 is 0 Å². The summed E-state index contributed by atoms with van der Waals surface area (Å²) < 4.78 is 0. The highest BCUT2D eigenvalue weighted by Gasteiger charge is 2.11. The smallest absolute Gasteiger partial charge is 0.156 e. The quantitative estimate of drug-likeness (QED) is 0.774. The summed E-state index contributed by atoms with van der Waals surface area (Å²) in [5.74, 6) is 0.786. The average molecular weight is 292 g/mol. The van der Waals surface area contributed by atoms with Gasteiger partial charge in [0.25, 0.3) is 0 Å². The lowest BCUT2D eigenvalue weighted by molar-refractivity contribution is 0.983. The van der Waals surface area contributed by atoms with E-state index in [2.05, 4.69) is 59.7 Å². The second-order valence-electron chi connectivity index (χ2n) is 5.46. The highest BCUT2D eigenvalue weighted by Crippen LogP contribution is 2.30. The molecule has 0 fully saturated rings. The molecule has 0 saturated heterocycles. The summed E-state index contributed by atoms with van der Waals surface area (Å²) in [5, 5.41) is 14.2. The minimum atomic E-state index is 0.564. The van der Waals surface area contributed by atoms with E-state index in [0.717, 1.165) is 27.8 Å². The molecule has 0 saturated carbocycles. The summed E-state index contributed by atoms with van der Waals surface area (Å²) in [6, 6.07) is 14.6. The van der Waals surface area contributed by atoms with E-state index < -0.39 is 0 Å². The van der Waals surface area contributed by atoms with Crippen LogP contribution < -0.4 is 11.1 Å². The highest BCUT2D eigenvalue weighted by molar-refractivity contribution is 6.00. The summed E-state index contributed by atoms with van der Waals surface area (Å²) in [5.41, 5.74) is 10.1. The zero-order chi connectivity index (χ0) is 15.5. The molecule has 22 heavy (non-hydrogen) atoms. The Balaban J connectivity index is 2.16. The molecule has 0 amide bonds. The van der Waals surface area contributed by atoms with Gasteiger partial charge in [0.05, 0.1) is 0 Å².